The third-order valence-corrected chi connectivity index (χ3v) is 23.5. The van der Waals surface area contributed by atoms with Gasteiger partial charge in [-0.3, -0.25) is 0 Å². The van der Waals surface area contributed by atoms with E-state index in [4.69, 9.17) is 9.47 Å². The van der Waals surface area contributed by atoms with Gasteiger partial charge in [-0.2, -0.15) is 0 Å². The Bertz CT molecular complexity index is 2940. The van der Waals surface area contributed by atoms with Crippen molar-refractivity contribution >= 4 is 36.9 Å². The number of rotatable bonds is 8. The van der Waals surface area contributed by atoms with E-state index in [0.29, 0.717) is 11.8 Å². The van der Waals surface area contributed by atoms with Crippen LogP contribution in [0.1, 0.15) is 96.6 Å². The average molecular weight is 905 g/mol. The quantitative estimate of drug-likeness (QED) is 0.112. The smallest absolute Gasteiger partial charge is 0.134 e. The monoisotopic (exact) mass is 904 g/mol. The summed E-state index contributed by atoms with van der Waals surface area (Å²) in [4.78, 5) is 0. The van der Waals surface area contributed by atoms with Crippen molar-refractivity contribution in [1.82, 2.24) is 0 Å². The maximum absolute atomic E-state index is 7.13. The summed E-state index contributed by atoms with van der Waals surface area (Å²) in [5, 5.41) is 5.49. The lowest BCUT2D eigenvalue weighted by atomic mass is 9.64. The predicted octanol–water partition coefficient (Wildman–Crippen LogP) is 14.6. The molecule has 2 nitrogen and oxygen atoms in total. The van der Waals surface area contributed by atoms with Gasteiger partial charge in [-0.15, -0.1) is 0 Å². The third-order valence-electron chi connectivity index (χ3n) is 16.5. The Morgan fingerprint density at radius 1 is 0.358 bits per heavy atom. The molecular formula is C63H60O2Si2. The van der Waals surface area contributed by atoms with Crippen LogP contribution in [0.4, 0.5) is 0 Å². The van der Waals surface area contributed by atoms with Crippen LogP contribution < -0.4 is 30.2 Å². The zero-order valence-corrected chi connectivity index (χ0v) is 41.4. The first-order valence-corrected chi connectivity index (χ1v) is 31.0. The van der Waals surface area contributed by atoms with Gasteiger partial charge in [0.15, 0.2) is 0 Å². The zero-order valence-electron chi connectivity index (χ0n) is 39.4. The van der Waals surface area contributed by atoms with Crippen LogP contribution in [0.3, 0.4) is 0 Å². The van der Waals surface area contributed by atoms with Crippen molar-refractivity contribution in [2.45, 2.75) is 94.8 Å². The van der Waals surface area contributed by atoms with Gasteiger partial charge in [-0.1, -0.05) is 210 Å². The topological polar surface area (TPSA) is 18.5 Å². The van der Waals surface area contributed by atoms with Crippen LogP contribution in [0.15, 0.2) is 182 Å². The van der Waals surface area contributed by atoms with Crippen LogP contribution in [0.2, 0.25) is 26.2 Å². The van der Waals surface area contributed by atoms with Gasteiger partial charge in [0, 0.05) is 11.1 Å². The third kappa shape index (κ3) is 6.77. The molecule has 0 spiro atoms. The molecule has 0 unspecified atom stereocenters. The number of fused-ring (bicyclic) bond motifs is 4. The Kier molecular flexibility index (Phi) is 10.4. The van der Waals surface area contributed by atoms with Gasteiger partial charge in [0.1, 0.15) is 39.1 Å². The minimum Gasteiger partial charge on any atom is -0.457 e. The molecule has 2 saturated carbocycles. The standard InChI is InChI=1S/C63H60O2Si2/c1-66(2)57-33-17-15-31-55(57)64-61-51(29-19-35-59(61)66)53-41-47(37-39-49(53)43-21-11-12-22-43)63(45-25-7-5-8-26-45,46-27-9-6-10-28-46)48-38-40-50(44-23-13-14-24-44)54(42-48)52-30-20-36-60-62(52)65-56-32-16-18-34-58(56)67(60,3)4/h5-10,15-20,25-44H,11-14,21-24H2,1-4H3. The molecule has 0 amide bonds. The van der Waals surface area contributed by atoms with Crippen LogP contribution in [0.5, 0.6) is 23.0 Å². The molecule has 4 aliphatic rings. The highest BCUT2D eigenvalue weighted by atomic mass is 28.3. The normalized spacial score (nSPS) is 17.1. The average Bonchev–Trinajstić information content (AvgIpc) is 4.12. The summed E-state index contributed by atoms with van der Waals surface area (Å²) in [7, 11) is -4.16. The molecule has 8 aromatic rings. The minimum absolute atomic E-state index is 0.503. The van der Waals surface area contributed by atoms with E-state index in [0.717, 1.165) is 23.0 Å². The van der Waals surface area contributed by atoms with Crippen LogP contribution in [0, 0.1) is 0 Å². The summed E-state index contributed by atoms with van der Waals surface area (Å²) < 4.78 is 14.3. The maximum atomic E-state index is 7.13. The van der Waals surface area contributed by atoms with Gasteiger partial charge >= 0.3 is 0 Å². The Hall–Kier alpha value is -6.21. The molecule has 0 atom stereocenters. The van der Waals surface area contributed by atoms with Crippen molar-refractivity contribution in [3.63, 3.8) is 0 Å². The van der Waals surface area contributed by atoms with E-state index in [-0.39, 0.29) is 0 Å². The lowest BCUT2D eigenvalue weighted by molar-refractivity contribution is 0.488. The number of ether oxygens (including phenoxy) is 2. The maximum Gasteiger partial charge on any atom is 0.134 e. The number of hydrogen-bond acceptors (Lipinski definition) is 2. The molecule has 67 heavy (non-hydrogen) atoms. The predicted molar refractivity (Wildman–Crippen MR) is 285 cm³/mol. The molecule has 0 N–H and O–H groups in total. The Morgan fingerprint density at radius 2 is 0.731 bits per heavy atom. The highest BCUT2D eigenvalue weighted by Gasteiger charge is 2.43. The lowest BCUT2D eigenvalue weighted by Gasteiger charge is -2.39. The molecule has 8 aromatic carbocycles. The molecule has 0 radical (unpaired) electrons. The van der Waals surface area contributed by atoms with Gasteiger partial charge in [0.25, 0.3) is 0 Å². The first kappa shape index (κ1) is 42.2. The van der Waals surface area contributed by atoms with Crippen molar-refractivity contribution in [1.29, 1.82) is 0 Å². The summed E-state index contributed by atoms with van der Waals surface area (Å²) >= 11 is 0. The Morgan fingerprint density at radius 3 is 1.15 bits per heavy atom. The Balaban J connectivity index is 1.14. The van der Waals surface area contributed by atoms with Gasteiger partial charge in [-0.25, -0.2) is 0 Å². The molecule has 2 heterocycles. The van der Waals surface area contributed by atoms with Gasteiger partial charge < -0.3 is 9.47 Å². The number of hydrogen-bond donors (Lipinski definition) is 0. The Labute approximate surface area is 399 Å². The second kappa shape index (κ2) is 16.5. The molecule has 12 rings (SSSR count). The van der Waals surface area contributed by atoms with Crippen molar-refractivity contribution in [3.8, 4) is 45.3 Å². The number of benzene rings is 8. The van der Waals surface area contributed by atoms with Crippen molar-refractivity contribution in [3.05, 3.63) is 215 Å². The fourth-order valence-corrected chi connectivity index (χ4v) is 18.6. The van der Waals surface area contributed by atoms with E-state index >= 15 is 0 Å². The molecular weight excluding hydrogens is 845 g/mol. The molecule has 2 aliphatic heterocycles. The minimum atomic E-state index is -2.08. The van der Waals surface area contributed by atoms with E-state index < -0.39 is 21.6 Å². The number of para-hydroxylation sites is 4. The molecule has 2 fully saturated rings. The van der Waals surface area contributed by atoms with Crippen LogP contribution >= 0.6 is 0 Å². The van der Waals surface area contributed by atoms with E-state index in [2.05, 4.69) is 208 Å². The molecule has 2 aliphatic carbocycles. The van der Waals surface area contributed by atoms with Crippen molar-refractivity contribution in [2.75, 3.05) is 0 Å². The van der Waals surface area contributed by atoms with Crippen LogP contribution in [-0.2, 0) is 5.41 Å². The first-order valence-electron chi connectivity index (χ1n) is 25.0. The molecule has 332 valence electrons. The van der Waals surface area contributed by atoms with E-state index in [1.165, 1.54) is 128 Å². The van der Waals surface area contributed by atoms with E-state index in [1.54, 1.807) is 0 Å². The fourth-order valence-electron chi connectivity index (χ4n) is 13.0. The summed E-state index contributed by atoms with van der Waals surface area (Å²) in [6.07, 6.45) is 9.95. The largest absolute Gasteiger partial charge is 0.457 e. The fraction of sp³-hybridized carbons (Fsp3) is 0.238. The van der Waals surface area contributed by atoms with Gasteiger partial charge in [-0.05, 0) is 127 Å². The molecule has 4 heteroatoms. The first-order chi connectivity index (χ1) is 32.7. The van der Waals surface area contributed by atoms with E-state index in [9.17, 15) is 0 Å². The van der Waals surface area contributed by atoms with Gasteiger partial charge in [0.2, 0.25) is 0 Å². The van der Waals surface area contributed by atoms with Crippen molar-refractivity contribution < 1.29 is 9.47 Å². The zero-order chi connectivity index (χ0) is 45.3. The second-order valence-electron chi connectivity index (χ2n) is 20.9. The second-order valence-corrected chi connectivity index (χ2v) is 29.5. The van der Waals surface area contributed by atoms with E-state index in [1.807, 2.05) is 0 Å². The van der Waals surface area contributed by atoms with Crippen LogP contribution in [0.25, 0.3) is 22.3 Å². The summed E-state index contributed by atoms with van der Waals surface area (Å²) in [5.74, 6) is 5.12. The molecule has 0 bridgehead atoms. The van der Waals surface area contributed by atoms with Crippen LogP contribution in [-0.4, -0.2) is 16.1 Å². The molecule has 0 saturated heterocycles. The summed E-state index contributed by atoms with van der Waals surface area (Å²) in [6, 6.07) is 69.4. The van der Waals surface area contributed by atoms with Gasteiger partial charge in [0.05, 0.1) is 5.41 Å². The van der Waals surface area contributed by atoms with Crippen molar-refractivity contribution in [2.24, 2.45) is 0 Å². The highest BCUT2D eigenvalue weighted by molar-refractivity contribution is 7.02. The summed E-state index contributed by atoms with van der Waals surface area (Å²) in [5.41, 5.74) is 12.3. The highest BCUT2D eigenvalue weighted by Crippen LogP contribution is 2.52. The molecule has 0 aromatic heterocycles. The lowest BCUT2D eigenvalue weighted by Crippen LogP contribution is -2.56. The SMILES string of the molecule is C[Si]1(C)c2ccccc2Oc2c(-c3cc(C(c4ccccc4)(c4ccccc4)c4ccc(C5CCCC5)c(-c5cccc6c5Oc5ccccc5[Si]6(C)C)c4)ccc3C3CCCC3)cccc21. The summed E-state index contributed by atoms with van der Waals surface area (Å²) in [6.45, 7) is 9.96.